The van der Waals surface area contributed by atoms with Crippen LogP contribution in [-0.4, -0.2) is 93.1 Å². The lowest BCUT2D eigenvalue weighted by atomic mass is 9.83. The molecule has 8 N–H and O–H groups in total. The standard InChI is InChI=1S/C53H79N5O10S/c1-32(2)14-11-15-33(3)16-12-17-34(4)18-13-25-53(8)26-23-39-37(7)47(35(5)36(6)48(39)68-53)67-52(66)41(49(62)55-27-24-38-28-56-43-20-10-9-19-40(38)43)30-69-31-44(50(63)57-29-46(60)61)58-45(59)22-21-42(54)51(64)65/h9-10,19-20,28,32-34,41-42,44,56H,11-18,21-27,29-31,54H2,1-8H3,(H,55,62)(H,57,63)(H,58,59)(H,60,61)(H,64,65)/t33?,34?,41?,42-,44-,53?/m0/s1. The molecule has 2 heterocycles. The maximum Gasteiger partial charge on any atom is 0.324 e. The maximum absolute atomic E-state index is 14.3. The van der Waals surface area contributed by atoms with Crippen LogP contribution in [0.2, 0.25) is 0 Å². The molecule has 16 heteroatoms. The summed E-state index contributed by atoms with van der Waals surface area (Å²) < 4.78 is 13.1. The largest absolute Gasteiger partial charge is 0.487 e. The molecule has 6 atom stereocenters. The molecule has 0 spiro atoms. The first kappa shape index (κ1) is 56.5. The summed E-state index contributed by atoms with van der Waals surface area (Å²) in [6.45, 7) is 16.8. The number of nitrogens with one attached hydrogen (secondary N) is 4. The van der Waals surface area contributed by atoms with Crippen LogP contribution in [0.25, 0.3) is 10.9 Å². The summed E-state index contributed by atoms with van der Waals surface area (Å²) in [4.78, 5) is 79.9. The third-order valence-corrected chi connectivity index (χ3v) is 14.8. The van der Waals surface area contributed by atoms with Crippen LogP contribution < -0.4 is 31.2 Å². The highest BCUT2D eigenvalue weighted by molar-refractivity contribution is 7.99. The number of carboxylic acid groups (broad SMARTS) is 2. The Labute approximate surface area is 413 Å². The van der Waals surface area contributed by atoms with Gasteiger partial charge in [-0.3, -0.25) is 28.8 Å². The zero-order valence-electron chi connectivity index (χ0n) is 42.2. The van der Waals surface area contributed by atoms with Crippen molar-refractivity contribution >= 4 is 58.3 Å². The van der Waals surface area contributed by atoms with Crippen LogP contribution in [0.15, 0.2) is 30.5 Å². The lowest BCUT2D eigenvalue weighted by Gasteiger charge is -2.38. The number of benzene rings is 2. The van der Waals surface area contributed by atoms with E-state index in [0.717, 1.165) is 100 Å². The minimum atomic E-state index is -1.35. The fraction of sp³-hybridized carbons (Fsp3) is 0.623. The summed E-state index contributed by atoms with van der Waals surface area (Å²) in [6.07, 6.45) is 14.3. The number of hydrogen-bond acceptors (Lipinski definition) is 10. The minimum absolute atomic E-state index is 0.153. The molecule has 1 aliphatic heterocycles. The fourth-order valence-corrected chi connectivity index (χ4v) is 10.2. The van der Waals surface area contributed by atoms with Crippen LogP contribution in [0.1, 0.15) is 139 Å². The van der Waals surface area contributed by atoms with Gasteiger partial charge >= 0.3 is 17.9 Å². The second-order valence-electron chi connectivity index (χ2n) is 20.0. The topological polar surface area (TPSA) is 239 Å². The number of fused-ring (bicyclic) bond motifs is 2. The molecule has 1 aromatic heterocycles. The highest BCUT2D eigenvalue weighted by Crippen LogP contribution is 2.45. The average molecular weight is 978 g/mol. The Bertz CT molecular complexity index is 2230. The van der Waals surface area contributed by atoms with Crippen molar-refractivity contribution in [3.05, 3.63) is 58.3 Å². The molecule has 0 saturated heterocycles. The third-order valence-electron chi connectivity index (χ3n) is 13.6. The first-order chi connectivity index (χ1) is 32.7. The molecule has 0 saturated carbocycles. The lowest BCUT2D eigenvalue weighted by molar-refractivity contribution is -0.144. The van der Waals surface area contributed by atoms with E-state index in [1.807, 2.05) is 51.2 Å². The number of ether oxygens (including phenoxy) is 2. The van der Waals surface area contributed by atoms with E-state index in [0.29, 0.717) is 18.1 Å². The number of H-pyrrole nitrogens is 1. The lowest BCUT2D eigenvalue weighted by Crippen LogP contribution is -2.49. The molecule has 382 valence electrons. The molecule has 0 radical (unpaired) electrons. The van der Waals surface area contributed by atoms with Gasteiger partial charge in [0.2, 0.25) is 17.7 Å². The quantitative estimate of drug-likeness (QED) is 0.0191. The van der Waals surface area contributed by atoms with Crippen molar-refractivity contribution in [1.29, 1.82) is 0 Å². The number of amides is 3. The number of esters is 1. The number of carbonyl (C=O) groups excluding carboxylic acids is 4. The molecule has 69 heavy (non-hydrogen) atoms. The SMILES string of the molecule is Cc1c(C)c2c(c(C)c1OC(=O)C(CSC[C@H](NC(=O)CC[C@H](N)C(=O)O)C(=O)NCC(=O)O)C(=O)NCCc1c[nH]c3ccccc13)CCC(C)(CCCC(C)CCCC(C)CCCC(C)C)O2. The van der Waals surface area contributed by atoms with Gasteiger partial charge in [0.15, 0.2) is 0 Å². The van der Waals surface area contributed by atoms with Crippen LogP contribution in [0.4, 0.5) is 0 Å². The number of para-hydroxylation sites is 1. The van der Waals surface area contributed by atoms with E-state index in [9.17, 15) is 28.8 Å². The molecular weight excluding hydrogens is 899 g/mol. The maximum atomic E-state index is 14.3. The summed E-state index contributed by atoms with van der Waals surface area (Å²) in [5.74, 6) is -3.72. The number of aromatic nitrogens is 1. The minimum Gasteiger partial charge on any atom is -0.487 e. The molecule has 1 aliphatic rings. The van der Waals surface area contributed by atoms with Gasteiger partial charge in [0.25, 0.3) is 0 Å². The van der Waals surface area contributed by atoms with Crippen LogP contribution in [0.3, 0.4) is 0 Å². The Kier molecular flexibility index (Phi) is 22.4. The normalized spacial score (nSPS) is 16.7. The summed E-state index contributed by atoms with van der Waals surface area (Å²) in [7, 11) is 0. The van der Waals surface area contributed by atoms with E-state index in [1.165, 1.54) is 38.5 Å². The Morgan fingerprint density at radius 2 is 1.52 bits per heavy atom. The van der Waals surface area contributed by atoms with E-state index in [-0.39, 0.29) is 36.5 Å². The van der Waals surface area contributed by atoms with Crippen molar-refractivity contribution in [2.24, 2.45) is 29.4 Å². The van der Waals surface area contributed by atoms with Gasteiger partial charge in [-0.15, -0.1) is 0 Å². The first-order valence-corrected chi connectivity index (χ1v) is 26.1. The van der Waals surface area contributed by atoms with E-state index in [2.05, 4.69) is 55.6 Å². The average Bonchev–Trinajstić information content (AvgIpc) is 3.71. The van der Waals surface area contributed by atoms with Gasteiger partial charge in [0, 0.05) is 47.1 Å². The summed E-state index contributed by atoms with van der Waals surface area (Å²) in [5.41, 5.74) is 10.5. The molecule has 0 fully saturated rings. The smallest absolute Gasteiger partial charge is 0.324 e. The summed E-state index contributed by atoms with van der Waals surface area (Å²) in [6, 6.07) is 5.22. The van der Waals surface area contributed by atoms with Crippen LogP contribution in [-0.2, 0) is 41.6 Å². The van der Waals surface area contributed by atoms with Crippen LogP contribution >= 0.6 is 11.8 Å². The monoisotopic (exact) mass is 978 g/mol. The van der Waals surface area contributed by atoms with Crippen LogP contribution in [0.5, 0.6) is 11.5 Å². The number of carboxylic acids is 2. The van der Waals surface area contributed by atoms with Gasteiger partial charge < -0.3 is 46.4 Å². The summed E-state index contributed by atoms with van der Waals surface area (Å²) >= 11 is 1.03. The molecule has 2 aromatic carbocycles. The Balaban J connectivity index is 1.45. The number of hydrogen-bond donors (Lipinski definition) is 7. The van der Waals surface area contributed by atoms with Crippen molar-refractivity contribution < 1.29 is 48.5 Å². The van der Waals surface area contributed by atoms with Gasteiger partial charge in [0.1, 0.15) is 41.6 Å². The zero-order chi connectivity index (χ0) is 50.8. The highest BCUT2D eigenvalue weighted by atomic mass is 32.2. The van der Waals surface area contributed by atoms with Crippen molar-refractivity contribution in [3.8, 4) is 11.5 Å². The fourth-order valence-electron chi connectivity index (χ4n) is 9.07. The first-order valence-electron chi connectivity index (χ1n) is 24.9. The molecule has 4 unspecified atom stereocenters. The predicted molar refractivity (Wildman–Crippen MR) is 272 cm³/mol. The Morgan fingerprint density at radius 1 is 0.855 bits per heavy atom. The molecule has 3 amide bonds. The molecule has 0 aliphatic carbocycles. The highest BCUT2D eigenvalue weighted by Gasteiger charge is 2.36. The zero-order valence-corrected chi connectivity index (χ0v) is 43.0. The molecular formula is C53H79N5O10S. The van der Waals surface area contributed by atoms with E-state index in [4.69, 9.17) is 25.4 Å². The number of aliphatic carboxylic acids is 2. The van der Waals surface area contributed by atoms with Crippen molar-refractivity contribution in [1.82, 2.24) is 20.9 Å². The second-order valence-corrected chi connectivity index (χ2v) is 21.1. The number of nitrogens with two attached hydrogens (primary N) is 1. The third kappa shape index (κ3) is 17.7. The second kappa shape index (κ2) is 27.3. The Hall–Kier alpha value is -5.09. The van der Waals surface area contributed by atoms with Crippen LogP contribution in [0, 0.1) is 44.4 Å². The number of carbonyl (C=O) groups is 6. The predicted octanol–water partition coefficient (Wildman–Crippen LogP) is 8.11. The van der Waals surface area contributed by atoms with E-state index >= 15 is 0 Å². The van der Waals surface area contributed by atoms with E-state index in [1.54, 1.807) is 0 Å². The Morgan fingerprint density at radius 3 is 2.19 bits per heavy atom. The number of thioether (sulfide) groups is 1. The summed E-state index contributed by atoms with van der Waals surface area (Å²) in [5, 5.41) is 27.0. The molecule has 4 rings (SSSR count). The number of rotatable bonds is 30. The van der Waals surface area contributed by atoms with Crippen molar-refractivity contribution in [2.45, 2.75) is 163 Å². The van der Waals surface area contributed by atoms with Gasteiger partial charge in [-0.25, -0.2) is 0 Å². The molecule has 3 aromatic rings. The van der Waals surface area contributed by atoms with Crippen molar-refractivity contribution in [2.75, 3.05) is 24.6 Å². The van der Waals surface area contributed by atoms with Crippen molar-refractivity contribution in [3.63, 3.8) is 0 Å². The van der Waals surface area contributed by atoms with Gasteiger partial charge in [-0.05, 0) is 112 Å². The van der Waals surface area contributed by atoms with E-state index < -0.39 is 60.2 Å². The van der Waals surface area contributed by atoms with Gasteiger partial charge in [0.05, 0.1) is 0 Å². The molecule has 15 nitrogen and oxygen atoms in total. The number of aromatic amines is 1. The molecule has 0 bridgehead atoms. The van der Waals surface area contributed by atoms with Gasteiger partial charge in [-0.2, -0.15) is 11.8 Å². The van der Waals surface area contributed by atoms with Gasteiger partial charge in [-0.1, -0.05) is 90.8 Å².